The number of hydrogen-bond donors (Lipinski definition) is 1. The molecule has 0 aliphatic carbocycles. The molecule has 2 aromatic rings. The smallest absolute Gasteiger partial charge is 0.318 e. The van der Waals surface area contributed by atoms with Gasteiger partial charge in [-0.1, -0.05) is 0 Å². The largest absolute Gasteiger partial charge is 0.467 e. The highest BCUT2D eigenvalue weighted by molar-refractivity contribution is 5.37. The van der Waals surface area contributed by atoms with Gasteiger partial charge in [-0.05, 0) is 19.8 Å². The molecular weight excluding hydrogens is 294 g/mol. The first-order valence-corrected chi connectivity index (χ1v) is 7.89. The molecule has 0 aromatic carbocycles. The molecule has 7 heteroatoms. The molecule has 0 bridgehead atoms. The minimum Gasteiger partial charge on any atom is -0.467 e. The SMILES string of the molecule is COc1nc(C)cc(NC[C@@H]2CCCO[C@H]2c2nccn2C)n1. The van der Waals surface area contributed by atoms with Crippen LogP contribution in [0.1, 0.15) is 30.5 Å². The first kappa shape index (κ1) is 15.7. The van der Waals surface area contributed by atoms with Crippen molar-refractivity contribution in [3.05, 3.63) is 30.0 Å². The van der Waals surface area contributed by atoms with Crippen LogP contribution in [-0.2, 0) is 11.8 Å². The van der Waals surface area contributed by atoms with E-state index in [4.69, 9.17) is 9.47 Å². The third-order valence-corrected chi connectivity index (χ3v) is 4.12. The van der Waals surface area contributed by atoms with E-state index in [1.54, 1.807) is 7.11 Å². The predicted octanol–water partition coefficient (Wildman–Crippen LogP) is 2.11. The van der Waals surface area contributed by atoms with Crippen LogP contribution >= 0.6 is 0 Å². The van der Waals surface area contributed by atoms with Gasteiger partial charge < -0.3 is 19.4 Å². The Hall–Kier alpha value is -2.15. The Bertz CT molecular complexity index is 658. The molecule has 0 radical (unpaired) electrons. The van der Waals surface area contributed by atoms with Crippen LogP contribution in [-0.4, -0.2) is 39.8 Å². The lowest BCUT2D eigenvalue weighted by molar-refractivity contribution is -0.0305. The molecule has 1 saturated heterocycles. The summed E-state index contributed by atoms with van der Waals surface area (Å²) >= 11 is 0. The number of imidazole rings is 1. The molecule has 1 N–H and O–H groups in total. The van der Waals surface area contributed by atoms with Gasteiger partial charge in [-0.3, -0.25) is 0 Å². The van der Waals surface area contributed by atoms with E-state index in [0.29, 0.717) is 11.9 Å². The molecule has 3 heterocycles. The van der Waals surface area contributed by atoms with Crippen molar-refractivity contribution in [1.29, 1.82) is 0 Å². The first-order valence-electron chi connectivity index (χ1n) is 7.89. The monoisotopic (exact) mass is 317 g/mol. The summed E-state index contributed by atoms with van der Waals surface area (Å²) in [6.07, 6.45) is 5.96. The van der Waals surface area contributed by atoms with Gasteiger partial charge in [-0.15, -0.1) is 0 Å². The number of hydrogen-bond acceptors (Lipinski definition) is 6. The van der Waals surface area contributed by atoms with Crippen molar-refractivity contribution in [2.75, 3.05) is 25.6 Å². The lowest BCUT2D eigenvalue weighted by Crippen LogP contribution is -2.30. The van der Waals surface area contributed by atoms with Crippen LogP contribution in [0.4, 0.5) is 5.82 Å². The number of anilines is 1. The van der Waals surface area contributed by atoms with Gasteiger partial charge in [-0.2, -0.15) is 4.98 Å². The van der Waals surface area contributed by atoms with Crippen LogP contribution in [0.3, 0.4) is 0 Å². The van der Waals surface area contributed by atoms with Crippen molar-refractivity contribution >= 4 is 5.82 Å². The maximum Gasteiger partial charge on any atom is 0.318 e. The fourth-order valence-electron chi connectivity index (χ4n) is 2.95. The van der Waals surface area contributed by atoms with Gasteiger partial charge >= 0.3 is 6.01 Å². The van der Waals surface area contributed by atoms with Gasteiger partial charge in [0.05, 0.1) is 7.11 Å². The quantitative estimate of drug-likeness (QED) is 0.910. The minimum atomic E-state index is 0.0149. The average Bonchev–Trinajstić information content (AvgIpc) is 2.98. The van der Waals surface area contributed by atoms with Gasteiger partial charge in [0.2, 0.25) is 0 Å². The highest BCUT2D eigenvalue weighted by atomic mass is 16.5. The number of rotatable bonds is 5. The fraction of sp³-hybridized carbons (Fsp3) is 0.562. The summed E-state index contributed by atoms with van der Waals surface area (Å²) in [5, 5.41) is 3.39. The Morgan fingerprint density at radius 2 is 2.30 bits per heavy atom. The van der Waals surface area contributed by atoms with Crippen LogP contribution in [0.2, 0.25) is 0 Å². The molecule has 7 nitrogen and oxygen atoms in total. The van der Waals surface area contributed by atoms with E-state index in [1.807, 2.05) is 37.0 Å². The number of methoxy groups -OCH3 is 1. The number of nitrogens with one attached hydrogen (secondary N) is 1. The fourth-order valence-corrected chi connectivity index (χ4v) is 2.95. The number of ether oxygens (including phenoxy) is 2. The third kappa shape index (κ3) is 3.61. The van der Waals surface area contributed by atoms with Gasteiger partial charge in [0, 0.05) is 50.3 Å². The van der Waals surface area contributed by atoms with Gasteiger partial charge in [0.25, 0.3) is 0 Å². The molecule has 2 aromatic heterocycles. The Morgan fingerprint density at radius 3 is 3.04 bits per heavy atom. The molecule has 0 spiro atoms. The molecule has 23 heavy (non-hydrogen) atoms. The maximum absolute atomic E-state index is 5.99. The lowest BCUT2D eigenvalue weighted by atomic mass is 9.93. The topological polar surface area (TPSA) is 74.1 Å². The van der Waals surface area contributed by atoms with Gasteiger partial charge in [0.1, 0.15) is 17.7 Å². The summed E-state index contributed by atoms with van der Waals surface area (Å²) in [6, 6.07) is 2.30. The highest BCUT2D eigenvalue weighted by Crippen LogP contribution is 2.32. The van der Waals surface area contributed by atoms with E-state index in [2.05, 4.69) is 20.3 Å². The van der Waals surface area contributed by atoms with Crippen molar-refractivity contribution in [2.45, 2.75) is 25.9 Å². The molecule has 1 aliphatic rings. The van der Waals surface area contributed by atoms with Crippen LogP contribution in [0.5, 0.6) is 6.01 Å². The molecule has 0 unspecified atom stereocenters. The van der Waals surface area contributed by atoms with Crippen molar-refractivity contribution in [3.8, 4) is 6.01 Å². The van der Waals surface area contributed by atoms with Crippen LogP contribution in [0.25, 0.3) is 0 Å². The normalized spacial score (nSPS) is 21.2. The maximum atomic E-state index is 5.99. The minimum absolute atomic E-state index is 0.0149. The Kier molecular flexibility index (Phi) is 4.76. The summed E-state index contributed by atoms with van der Waals surface area (Å²) in [5.41, 5.74) is 0.875. The second-order valence-corrected chi connectivity index (χ2v) is 5.85. The van der Waals surface area contributed by atoms with Crippen molar-refractivity contribution in [3.63, 3.8) is 0 Å². The molecule has 124 valence electrons. The molecule has 2 atom stereocenters. The Balaban J connectivity index is 1.70. The molecule has 0 amide bonds. The molecule has 1 fully saturated rings. The second-order valence-electron chi connectivity index (χ2n) is 5.85. The van der Waals surface area contributed by atoms with E-state index >= 15 is 0 Å². The Labute approximate surface area is 136 Å². The summed E-state index contributed by atoms with van der Waals surface area (Å²) in [6.45, 7) is 3.49. The van der Waals surface area contributed by atoms with Crippen LogP contribution < -0.4 is 10.1 Å². The number of aromatic nitrogens is 4. The van der Waals surface area contributed by atoms with Gasteiger partial charge in [-0.25, -0.2) is 9.97 Å². The van der Waals surface area contributed by atoms with Crippen LogP contribution in [0.15, 0.2) is 18.5 Å². The van der Waals surface area contributed by atoms with E-state index in [9.17, 15) is 0 Å². The molecular formula is C16H23N5O2. The van der Waals surface area contributed by atoms with E-state index in [1.165, 1.54) is 0 Å². The zero-order valence-electron chi connectivity index (χ0n) is 13.8. The predicted molar refractivity (Wildman–Crippen MR) is 86.4 cm³/mol. The molecule has 1 aliphatic heterocycles. The molecule has 0 saturated carbocycles. The van der Waals surface area contributed by atoms with E-state index < -0.39 is 0 Å². The molecule has 3 rings (SSSR count). The Morgan fingerprint density at radius 1 is 1.43 bits per heavy atom. The first-order chi connectivity index (χ1) is 11.2. The number of nitrogens with zero attached hydrogens (tertiary/aromatic N) is 4. The van der Waals surface area contributed by atoms with Crippen LogP contribution in [0, 0.1) is 12.8 Å². The third-order valence-electron chi connectivity index (χ3n) is 4.12. The second kappa shape index (κ2) is 6.95. The standard InChI is InChI=1S/C16H23N5O2/c1-11-9-13(20-16(19-11)22-3)18-10-12-5-4-8-23-14(12)15-17-6-7-21(15)2/h6-7,9,12,14H,4-5,8,10H2,1-3H3,(H,18,19,20)/t12-,14+/m0/s1. The van der Waals surface area contributed by atoms with Gasteiger partial charge in [0.15, 0.2) is 0 Å². The van der Waals surface area contributed by atoms with Crippen molar-refractivity contribution in [2.24, 2.45) is 13.0 Å². The highest BCUT2D eigenvalue weighted by Gasteiger charge is 2.30. The summed E-state index contributed by atoms with van der Waals surface area (Å²) < 4.78 is 13.1. The number of aryl methyl sites for hydroxylation is 2. The summed E-state index contributed by atoms with van der Waals surface area (Å²) in [4.78, 5) is 13.0. The van der Waals surface area contributed by atoms with Crippen molar-refractivity contribution in [1.82, 2.24) is 19.5 Å². The zero-order chi connectivity index (χ0) is 16.2. The lowest BCUT2D eigenvalue weighted by Gasteiger charge is -2.31. The average molecular weight is 317 g/mol. The zero-order valence-corrected chi connectivity index (χ0v) is 13.8. The van der Waals surface area contributed by atoms with E-state index in [0.717, 1.165) is 43.3 Å². The summed E-state index contributed by atoms with van der Waals surface area (Å²) in [5.74, 6) is 2.11. The summed E-state index contributed by atoms with van der Waals surface area (Å²) in [7, 11) is 3.58. The van der Waals surface area contributed by atoms with E-state index in [-0.39, 0.29) is 6.10 Å². The van der Waals surface area contributed by atoms with Crippen molar-refractivity contribution < 1.29 is 9.47 Å².